The van der Waals surface area contributed by atoms with Crippen LogP contribution in [0.25, 0.3) is 0 Å². The topological polar surface area (TPSA) is 50.2 Å². The average Bonchev–Trinajstić information content (AvgIpc) is 2.83. The summed E-state index contributed by atoms with van der Waals surface area (Å²) in [5, 5.41) is 2.99. The number of carbonyl (C=O) groups excluding carboxylic acids is 1. The number of hydrogen-bond acceptors (Lipinski definition) is 2. The van der Waals surface area contributed by atoms with E-state index in [1.165, 1.54) is 0 Å². The number of aromatic nitrogens is 2. The van der Waals surface area contributed by atoms with Crippen LogP contribution in [0.15, 0.2) is 18.7 Å². The molecule has 0 aliphatic carbocycles. The summed E-state index contributed by atoms with van der Waals surface area (Å²) >= 11 is 0. The van der Waals surface area contributed by atoms with Crippen molar-refractivity contribution in [1.82, 2.24) is 19.8 Å². The molecular formula is C14H26N4O. The molecule has 0 radical (unpaired) electrons. The van der Waals surface area contributed by atoms with E-state index < -0.39 is 0 Å². The number of nitrogens with one attached hydrogen (secondary N) is 1. The van der Waals surface area contributed by atoms with E-state index in [4.69, 9.17) is 0 Å². The number of imidazole rings is 1. The van der Waals surface area contributed by atoms with Gasteiger partial charge >= 0.3 is 6.03 Å². The van der Waals surface area contributed by atoms with Crippen LogP contribution in [-0.4, -0.2) is 39.6 Å². The summed E-state index contributed by atoms with van der Waals surface area (Å²) in [4.78, 5) is 18.0. The molecule has 1 rings (SSSR count). The van der Waals surface area contributed by atoms with Gasteiger partial charge in [-0.15, -0.1) is 0 Å². The van der Waals surface area contributed by atoms with E-state index in [0.717, 1.165) is 19.5 Å². The molecule has 2 amide bonds. The Kier molecular flexibility index (Phi) is 6.39. The van der Waals surface area contributed by atoms with Crippen molar-refractivity contribution in [3.8, 4) is 0 Å². The smallest absolute Gasteiger partial charge is 0.317 e. The lowest BCUT2D eigenvalue weighted by atomic mass is 10.2. The van der Waals surface area contributed by atoms with Crippen LogP contribution in [0.3, 0.4) is 0 Å². The van der Waals surface area contributed by atoms with E-state index in [0.29, 0.717) is 12.5 Å². The number of carbonyl (C=O) groups is 1. The molecule has 0 saturated heterocycles. The Morgan fingerprint density at radius 1 is 1.37 bits per heavy atom. The predicted molar refractivity (Wildman–Crippen MR) is 76.9 cm³/mol. The highest BCUT2D eigenvalue weighted by molar-refractivity contribution is 5.74. The molecule has 0 aromatic carbocycles. The van der Waals surface area contributed by atoms with Gasteiger partial charge in [-0.1, -0.05) is 13.8 Å². The fourth-order valence-electron chi connectivity index (χ4n) is 1.90. The van der Waals surface area contributed by atoms with Crippen molar-refractivity contribution in [3.63, 3.8) is 0 Å². The van der Waals surface area contributed by atoms with Gasteiger partial charge in [-0.2, -0.15) is 0 Å². The summed E-state index contributed by atoms with van der Waals surface area (Å²) in [5.74, 6) is 0.485. The molecule has 1 aromatic heterocycles. The van der Waals surface area contributed by atoms with Gasteiger partial charge in [-0.05, 0) is 26.2 Å². The van der Waals surface area contributed by atoms with Crippen molar-refractivity contribution in [2.45, 2.75) is 46.7 Å². The molecule has 1 heterocycles. The molecule has 19 heavy (non-hydrogen) atoms. The summed E-state index contributed by atoms with van der Waals surface area (Å²) in [5.41, 5.74) is 0. The zero-order valence-corrected chi connectivity index (χ0v) is 12.5. The van der Waals surface area contributed by atoms with Gasteiger partial charge < -0.3 is 14.8 Å². The molecule has 108 valence electrons. The number of aryl methyl sites for hydroxylation is 1. The fraction of sp³-hybridized carbons (Fsp3) is 0.714. The van der Waals surface area contributed by atoms with Gasteiger partial charge in [0.1, 0.15) is 0 Å². The van der Waals surface area contributed by atoms with Crippen LogP contribution in [0.2, 0.25) is 0 Å². The van der Waals surface area contributed by atoms with Gasteiger partial charge in [-0.25, -0.2) is 9.78 Å². The number of amides is 2. The Balaban J connectivity index is 2.28. The van der Waals surface area contributed by atoms with Crippen LogP contribution in [0.4, 0.5) is 4.79 Å². The maximum Gasteiger partial charge on any atom is 0.317 e. The van der Waals surface area contributed by atoms with Gasteiger partial charge in [0.05, 0.1) is 6.33 Å². The predicted octanol–water partition coefficient (Wildman–Crippen LogP) is 2.35. The van der Waals surface area contributed by atoms with Gasteiger partial charge in [0.25, 0.3) is 0 Å². The summed E-state index contributed by atoms with van der Waals surface area (Å²) in [6.07, 6.45) is 6.40. The third kappa shape index (κ3) is 5.77. The van der Waals surface area contributed by atoms with Crippen molar-refractivity contribution in [2.75, 3.05) is 13.1 Å². The lowest BCUT2D eigenvalue weighted by Crippen LogP contribution is -2.46. The minimum absolute atomic E-state index is 0.0364. The van der Waals surface area contributed by atoms with Crippen molar-refractivity contribution >= 4 is 6.03 Å². The number of nitrogens with zero attached hydrogens (tertiary/aromatic N) is 3. The standard InChI is InChI=1S/C14H26N4O/c1-12(2)10-18(13(3)4)14(19)16-6-5-8-17-9-7-15-11-17/h7,9,11-13H,5-6,8,10H2,1-4H3,(H,16,19). The minimum Gasteiger partial charge on any atom is -0.338 e. The van der Waals surface area contributed by atoms with E-state index in [-0.39, 0.29) is 12.1 Å². The SMILES string of the molecule is CC(C)CN(C(=O)NCCCn1ccnc1)C(C)C. The molecule has 0 bridgehead atoms. The molecule has 1 aromatic rings. The van der Waals surface area contributed by atoms with Crippen LogP contribution in [0, 0.1) is 5.92 Å². The molecule has 1 N–H and O–H groups in total. The molecule has 5 heteroatoms. The second kappa shape index (κ2) is 7.81. The van der Waals surface area contributed by atoms with E-state index in [9.17, 15) is 4.79 Å². The lowest BCUT2D eigenvalue weighted by molar-refractivity contribution is 0.174. The van der Waals surface area contributed by atoms with Crippen molar-refractivity contribution in [2.24, 2.45) is 5.92 Å². The summed E-state index contributed by atoms with van der Waals surface area (Å²) in [6, 6.07) is 0.269. The zero-order valence-electron chi connectivity index (χ0n) is 12.5. The van der Waals surface area contributed by atoms with Crippen LogP contribution in [0.5, 0.6) is 0 Å². The van der Waals surface area contributed by atoms with Crippen molar-refractivity contribution in [3.05, 3.63) is 18.7 Å². The van der Waals surface area contributed by atoms with E-state index in [2.05, 4.69) is 24.1 Å². The third-order valence-corrected chi connectivity index (χ3v) is 2.87. The van der Waals surface area contributed by atoms with Crippen LogP contribution >= 0.6 is 0 Å². The molecule has 0 aliphatic rings. The van der Waals surface area contributed by atoms with Crippen molar-refractivity contribution < 1.29 is 4.79 Å². The first-order valence-electron chi connectivity index (χ1n) is 7.01. The zero-order chi connectivity index (χ0) is 14.3. The van der Waals surface area contributed by atoms with Crippen LogP contribution in [0.1, 0.15) is 34.1 Å². The maximum absolute atomic E-state index is 12.1. The Labute approximate surface area is 116 Å². The number of rotatable bonds is 7. The quantitative estimate of drug-likeness (QED) is 0.770. The normalized spacial score (nSPS) is 11.1. The first kappa shape index (κ1) is 15.5. The maximum atomic E-state index is 12.1. The Hall–Kier alpha value is -1.52. The molecule has 0 atom stereocenters. The molecule has 5 nitrogen and oxygen atoms in total. The number of hydrogen-bond donors (Lipinski definition) is 1. The highest BCUT2D eigenvalue weighted by Crippen LogP contribution is 2.04. The second-order valence-electron chi connectivity index (χ2n) is 5.53. The molecular weight excluding hydrogens is 240 g/mol. The Morgan fingerprint density at radius 3 is 2.63 bits per heavy atom. The van der Waals surface area contributed by atoms with E-state index in [1.54, 1.807) is 12.5 Å². The van der Waals surface area contributed by atoms with E-state index in [1.807, 2.05) is 29.5 Å². The first-order valence-corrected chi connectivity index (χ1v) is 7.01. The third-order valence-electron chi connectivity index (χ3n) is 2.87. The Morgan fingerprint density at radius 2 is 2.11 bits per heavy atom. The highest BCUT2D eigenvalue weighted by atomic mass is 16.2. The molecule has 0 saturated carbocycles. The van der Waals surface area contributed by atoms with Gasteiger partial charge in [0, 0.05) is 38.1 Å². The van der Waals surface area contributed by atoms with Gasteiger partial charge in [-0.3, -0.25) is 0 Å². The monoisotopic (exact) mass is 266 g/mol. The first-order chi connectivity index (χ1) is 9.00. The molecule has 0 fully saturated rings. The van der Waals surface area contributed by atoms with Crippen LogP contribution in [-0.2, 0) is 6.54 Å². The molecule has 0 aliphatic heterocycles. The fourth-order valence-corrected chi connectivity index (χ4v) is 1.90. The summed E-state index contributed by atoms with van der Waals surface area (Å²) < 4.78 is 2.01. The summed E-state index contributed by atoms with van der Waals surface area (Å²) in [7, 11) is 0. The van der Waals surface area contributed by atoms with E-state index >= 15 is 0 Å². The highest BCUT2D eigenvalue weighted by Gasteiger charge is 2.17. The molecule has 0 spiro atoms. The summed E-state index contributed by atoms with van der Waals surface area (Å²) in [6.45, 7) is 10.7. The van der Waals surface area contributed by atoms with Crippen molar-refractivity contribution in [1.29, 1.82) is 0 Å². The van der Waals surface area contributed by atoms with Gasteiger partial charge in [0.15, 0.2) is 0 Å². The number of urea groups is 1. The largest absolute Gasteiger partial charge is 0.338 e. The average molecular weight is 266 g/mol. The van der Waals surface area contributed by atoms with Crippen LogP contribution < -0.4 is 5.32 Å². The lowest BCUT2D eigenvalue weighted by Gasteiger charge is -2.28. The molecule has 0 unspecified atom stereocenters. The second-order valence-corrected chi connectivity index (χ2v) is 5.53. The Bertz CT molecular complexity index is 360. The minimum atomic E-state index is 0.0364. The van der Waals surface area contributed by atoms with Gasteiger partial charge in [0.2, 0.25) is 0 Å².